The van der Waals surface area contributed by atoms with E-state index in [4.69, 9.17) is 10.5 Å². The molecule has 4 heteroatoms. The van der Waals surface area contributed by atoms with E-state index in [1.54, 1.807) is 0 Å². The zero-order valence-electron chi connectivity index (χ0n) is 11.2. The van der Waals surface area contributed by atoms with E-state index in [1.807, 2.05) is 11.8 Å². The summed E-state index contributed by atoms with van der Waals surface area (Å²) >= 11 is 0. The zero-order chi connectivity index (χ0) is 12.7. The van der Waals surface area contributed by atoms with Crippen molar-refractivity contribution in [3.05, 3.63) is 0 Å². The molecule has 0 aromatic heterocycles. The predicted octanol–water partition coefficient (Wildman–Crippen LogP) is 1.39. The van der Waals surface area contributed by atoms with Gasteiger partial charge in [-0.3, -0.25) is 4.79 Å². The van der Waals surface area contributed by atoms with Crippen molar-refractivity contribution in [1.29, 1.82) is 0 Å². The van der Waals surface area contributed by atoms with Gasteiger partial charge in [-0.05, 0) is 19.3 Å². The average molecular weight is 242 g/mol. The Labute approximate surface area is 104 Å². The minimum absolute atomic E-state index is 0.168. The van der Waals surface area contributed by atoms with Crippen molar-refractivity contribution in [3.8, 4) is 0 Å². The maximum atomic E-state index is 12.1. The third-order valence-corrected chi connectivity index (χ3v) is 3.37. The Balaban J connectivity index is 2.28. The number of piperidine rings is 1. The summed E-state index contributed by atoms with van der Waals surface area (Å²) in [6.07, 6.45) is 4.25. The van der Waals surface area contributed by atoms with Crippen LogP contribution in [0.2, 0.25) is 0 Å². The summed E-state index contributed by atoms with van der Waals surface area (Å²) in [4.78, 5) is 14.1. The first-order valence-electron chi connectivity index (χ1n) is 6.79. The van der Waals surface area contributed by atoms with Crippen LogP contribution in [0.4, 0.5) is 0 Å². The van der Waals surface area contributed by atoms with Gasteiger partial charge in [0.2, 0.25) is 5.91 Å². The molecule has 1 rings (SSSR count). The maximum absolute atomic E-state index is 12.1. The molecule has 4 nitrogen and oxygen atoms in total. The monoisotopic (exact) mass is 242 g/mol. The van der Waals surface area contributed by atoms with Crippen LogP contribution in [0.5, 0.6) is 0 Å². The molecule has 1 amide bonds. The number of nitrogens with zero attached hydrogens (tertiary/aromatic N) is 1. The number of carbonyl (C=O) groups is 1. The number of hydrogen-bond donors (Lipinski definition) is 1. The first kappa shape index (κ1) is 14.5. The van der Waals surface area contributed by atoms with Crippen LogP contribution in [0.3, 0.4) is 0 Å². The highest BCUT2D eigenvalue weighted by molar-refractivity contribution is 5.78. The quantitative estimate of drug-likeness (QED) is 0.765. The van der Waals surface area contributed by atoms with Gasteiger partial charge in [0, 0.05) is 25.6 Å². The Morgan fingerprint density at radius 2 is 2.12 bits per heavy atom. The van der Waals surface area contributed by atoms with Gasteiger partial charge in [-0.1, -0.05) is 20.3 Å². The Morgan fingerprint density at radius 3 is 2.65 bits per heavy atom. The van der Waals surface area contributed by atoms with Crippen molar-refractivity contribution in [2.75, 3.05) is 26.2 Å². The van der Waals surface area contributed by atoms with E-state index < -0.39 is 0 Å². The van der Waals surface area contributed by atoms with E-state index in [-0.39, 0.29) is 5.92 Å². The molecule has 0 aromatic carbocycles. The number of ether oxygens (including phenoxy) is 1. The van der Waals surface area contributed by atoms with Crippen molar-refractivity contribution >= 4 is 5.91 Å². The fourth-order valence-electron chi connectivity index (χ4n) is 2.35. The minimum atomic E-state index is 0.168. The number of hydrogen-bond acceptors (Lipinski definition) is 3. The van der Waals surface area contributed by atoms with E-state index in [9.17, 15) is 4.79 Å². The Hall–Kier alpha value is -0.610. The summed E-state index contributed by atoms with van der Waals surface area (Å²) in [7, 11) is 0. The molecule has 0 aliphatic carbocycles. The number of amides is 1. The smallest absolute Gasteiger partial charge is 0.225 e. The fourth-order valence-corrected chi connectivity index (χ4v) is 2.35. The fraction of sp³-hybridized carbons (Fsp3) is 0.923. The number of carbonyl (C=O) groups excluding carboxylic acids is 1. The molecule has 0 aromatic rings. The molecule has 1 saturated heterocycles. The second-order valence-electron chi connectivity index (χ2n) is 4.87. The summed E-state index contributed by atoms with van der Waals surface area (Å²) in [5, 5.41) is 0. The zero-order valence-corrected chi connectivity index (χ0v) is 11.2. The second-order valence-corrected chi connectivity index (χ2v) is 4.87. The van der Waals surface area contributed by atoms with E-state index >= 15 is 0 Å². The highest BCUT2D eigenvalue weighted by atomic mass is 16.5. The summed E-state index contributed by atoms with van der Waals surface area (Å²) in [6.45, 7) is 7.03. The molecule has 1 atom stereocenters. The van der Waals surface area contributed by atoms with Crippen molar-refractivity contribution in [2.45, 2.75) is 45.6 Å². The Bertz CT molecular complexity index is 225. The van der Waals surface area contributed by atoms with Gasteiger partial charge < -0.3 is 15.4 Å². The minimum Gasteiger partial charge on any atom is -0.377 e. The third kappa shape index (κ3) is 4.64. The van der Waals surface area contributed by atoms with Crippen molar-refractivity contribution in [3.63, 3.8) is 0 Å². The number of nitrogens with two attached hydrogens (primary N) is 1. The normalized spacial score (nSPS) is 19.4. The summed E-state index contributed by atoms with van der Waals surface area (Å²) in [5.74, 6) is 0.477. The van der Waals surface area contributed by atoms with Crippen molar-refractivity contribution in [1.82, 2.24) is 4.90 Å². The van der Waals surface area contributed by atoms with Crippen LogP contribution in [0, 0.1) is 5.92 Å². The van der Waals surface area contributed by atoms with Crippen molar-refractivity contribution in [2.24, 2.45) is 11.7 Å². The van der Waals surface area contributed by atoms with Gasteiger partial charge in [0.25, 0.3) is 0 Å². The van der Waals surface area contributed by atoms with Gasteiger partial charge in [-0.2, -0.15) is 0 Å². The Morgan fingerprint density at radius 1 is 1.47 bits per heavy atom. The molecule has 2 N–H and O–H groups in total. The van der Waals surface area contributed by atoms with E-state index in [0.29, 0.717) is 25.2 Å². The first-order chi connectivity index (χ1) is 8.19. The van der Waals surface area contributed by atoms with Crippen LogP contribution in [0.1, 0.15) is 39.5 Å². The lowest BCUT2D eigenvalue weighted by Gasteiger charge is -2.33. The lowest BCUT2D eigenvalue weighted by molar-refractivity contribution is -0.137. The molecule has 0 saturated carbocycles. The summed E-state index contributed by atoms with van der Waals surface area (Å²) < 4.78 is 5.61. The van der Waals surface area contributed by atoms with Gasteiger partial charge >= 0.3 is 0 Å². The third-order valence-electron chi connectivity index (χ3n) is 3.37. The first-order valence-corrected chi connectivity index (χ1v) is 6.79. The molecule has 0 bridgehead atoms. The highest BCUT2D eigenvalue weighted by Crippen LogP contribution is 2.17. The average Bonchev–Trinajstić information content (AvgIpc) is 2.36. The van der Waals surface area contributed by atoms with Crippen LogP contribution < -0.4 is 5.73 Å². The highest BCUT2D eigenvalue weighted by Gasteiger charge is 2.25. The Kier molecular flexibility index (Phi) is 6.52. The molecular formula is C13H26N2O2. The topological polar surface area (TPSA) is 55.6 Å². The molecule has 1 aliphatic heterocycles. The lowest BCUT2D eigenvalue weighted by Crippen LogP contribution is -2.43. The van der Waals surface area contributed by atoms with Gasteiger partial charge in [0.1, 0.15) is 0 Å². The van der Waals surface area contributed by atoms with Gasteiger partial charge in [0.05, 0.1) is 12.7 Å². The van der Waals surface area contributed by atoms with E-state index in [1.165, 1.54) is 0 Å². The SMILES string of the molecule is CCCC(C)C(=O)N1CCC(OCCN)CC1. The largest absolute Gasteiger partial charge is 0.377 e. The number of rotatable bonds is 6. The molecule has 1 aliphatic rings. The standard InChI is InChI=1S/C13H26N2O2/c1-3-4-11(2)13(16)15-8-5-12(6-9-15)17-10-7-14/h11-12H,3-10,14H2,1-2H3. The van der Waals surface area contributed by atoms with Crippen LogP contribution in [-0.4, -0.2) is 43.2 Å². The predicted molar refractivity (Wildman–Crippen MR) is 68.7 cm³/mol. The second kappa shape index (κ2) is 7.67. The molecule has 0 spiro atoms. The van der Waals surface area contributed by atoms with Crippen LogP contribution in [0.15, 0.2) is 0 Å². The van der Waals surface area contributed by atoms with Crippen LogP contribution in [0.25, 0.3) is 0 Å². The van der Waals surface area contributed by atoms with E-state index in [0.717, 1.165) is 38.8 Å². The molecule has 1 fully saturated rings. The molecule has 100 valence electrons. The molecule has 1 heterocycles. The maximum Gasteiger partial charge on any atom is 0.225 e. The molecule has 1 unspecified atom stereocenters. The van der Waals surface area contributed by atoms with Crippen molar-refractivity contribution < 1.29 is 9.53 Å². The van der Waals surface area contributed by atoms with Gasteiger partial charge in [0.15, 0.2) is 0 Å². The van der Waals surface area contributed by atoms with Crippen LogP contribution in [-0.2, 0) is 9.53 Å². The lowest BCUT2D eigenvalue weighted by atomic mass is 10.0. The van der Waals surface area contributed by atoms with Crippen LogP contribution >= 0.6 is 0 Å². The molecule has 17 heavy (non-hydrogen) atoms. The summed E-state index contributed by atoms with van der Waals surface area (Å²) in [5.41, 5.74) is 5.40. The van der Waals surface area contributed by atoms with Gasteiger partial charge in [-0.25, -0.2) is 0 Å². The van der Waals surface area contributed by atoms with Gasteiger partial charge in [-0.15, -0.1) is 0 Å². The molecule has 0 radical (unpaired) electrons. The summed E-state index contributed by atoms with van der Waals surface area (Å²) in [6, 6.07) is 0. The van der Waals surface area contributed by atoms with E-state index in [2.05, 4.69) is 6.92 Å². The molecular weight excluding hydrogens is 216 g/mol. The number of likely N-dealkylation sites (tertiary alicyclic amines) is 1.